The molecule has 1 aliphatic heterocycles. The second kappa shape index (κ2) is 6.37. The van der Waals surface area contributed by atoms with Crippen LogP contribution in [0.3, 0.4) is 0 Å². The highest BCUT2D eigenvalue weighted by molar-refractivity contribution is 5.83. The summed E-state index contributed by atoms with van der Waals surface area (Å²) < 4.78 is 0. The summed E-state index contributed by atoms with van der Waals surface area (Å²) in [5.41, 5.74) is -1.20. The Kier molecular flexibility index (Phi) is 5.35. The first kappa shape index (κ1) is 16.0. The van der Waals surface area contributed by atoms with Gasteiger partial charge in [0.05, 0.1) is 5.41 Å². The van der Waals surface area contributed by atoms with Crippen molar-refractivity contribution in [3.63, 3.8) is 0 Å². The highest BCUT2D eigenvalue weighted by atomic mass is 16.4. The maximum atomic E-state index is 12.3. The van der Waals surface area contributed by atoms with E-state index in [9.17, 15) is 14.7 Å². The van der Waals surface area contributed by atoms with Gasteiger partial charge in [-0.1, -0.05) is 20.8 Å². The van der Waals surface area contributed by atoms with Crippen LogP contribution in [0.1, 0.15) is 46.5 Å². The predicted octanol–water partition coefficient (Wildman–Crippen LogP) is 1.38. The lowest BCUT2D eigenvalue weighted by Crippen LogP contribution is -2.50. The number of piperidine rings is 1. The fourth-order valence-electron chi connectivity index (χ4n) is 2.55. The quantitative estimate of drug-likeness (QED) is 0.681. The first-order valence-electron chi connectivity index (χ1n) is 7.12. The van der Waals surface area contributed by atoms with Gasteiger partial charge in [0.15, 0.2) is 0 Å². The van der Waals surface area contributed by atoms with Crippen LogP contribution in [0.15, 0.2) is 0 Å². The van der Waals surface area contributed by atoms with E-state index >= 15 is 0 Å². The number of hydrogen-bond acceptors (Lipinski definition) is 3. The topological polar surface area (TPSA) is 78.4 Å². The number of carboxylic acids is 1. The van der Waals surface area contributed by atoms with Crippen molar-refractivity contribution in [1.82, 2.24) is 10.6 Å². The molecule has 5 nitrogen and oxygen atoms in total. The standard InChI is InChI=1S/C14H26N2O3/c1-4-14(5-2,12(18)19)10-16-11(17)13(3)6-8-15-9-7-13/h15H,4-10H2,1-3H3,(H,16,17)(H,18,19). The van der Waals surface area contributed by atoms with E-state index in [0.29, 0.717) is 12.8 Å². The maximum absolute atomic E-state index is 12.3. The number of amides is 1. The average Bonchev–Trinajstić information content (AvgIpc) is 2.40. The van der Waals surface area contributed by atoms with E-state index in [-0.39, 0.29) is 17.9 Å². The van der Waals surface area contributed by atoms with Gasteiger partial charge in [-0.2, -0.15) is 0 Å². The zero-order chi connectivity index (χ0) is 14.5. The van der Waals surface area contributed by atoms with Crippen molar-refractivity contribution in [2.75, 3.05) is 19.6 Å². The molecule has 1 aliphatic rings. The summed E-state index contributed by atoms with van der Waals surface area (Å²) in [6, 6.07) is 0. The molecule has 1 heterocycles. The molecular formula is C14H26N2O3. The number of carbonyl (C=O) groups is 2. The molecule has 5 heteroatoms. The molecular weight excluding hydrogens is 244 g/mol. The lowest BCUT2D eigenvalue weighted by atomic mass is 9.78. The van der Waals surface area contributed by atoms with Crippen molar-refractivity contribution >= 4 is 11.9 Å². The minimum absolute atomic E-state index is 0.0125. The Morgan fingerprint density at radius 2 is 1.79 bits per heavy atom. The number of hydrogen-bond donors (Lipinski definition) is 3. The minimum atomic E-state index is -0.834. The summed E-state index contributed by atoms with van der Waals surface area (Å²) in [6.07, 6.45) is 2.66. The summed E-state index contributed by atoms with van der Waals surface area (Å²) in [6.45, 7) is 7.58. The first-order chi connectivity index (χ1) is 8.90. The van der Waals surface area contributed by atoms with Crippen LogP contribution in [0, 0.1) is 10.8 Å². The molecule has 0 saturated carbocycles. The normalized spacial score (nSPS) is 18.9. The zero-order valence-electron chi connectivity index (χ0n) is 12.2. The third kappa shape index (κ3) is 3.47. The molecule has 1 amide bonds. The van der Waals surface area contributed by atoms with Gasteiger partial charge >= 0.3 is 5.97 Å². The summed E-state index contributed by atoms with van der Waals surface area (Å²) in [4.78, 5) is 23.7. The third-order valence-electron chi connectivity index (χ3n) is 4.65. The fourth-order valence-corrected chi connectivity index (χ4v) is 2.55. The SMILES string of the molecule is CCC(CC)(CNC(=O)C1(C)CCNCC1)C(=O)O. The summed E-state index contributed by atoms with van der Waals surface area (Å²) in [5, 5.41) is 15.5. The predicted molar refractivity (Wildman–Crippen MR) is 73.9 cm³/mol. The van der Waals surface area contributed by atoms with Gasteiger partial charge in [0, 0.05) is 12.0 Å². The van der Waals surface area contributed by atoms with E-state index in [0.717, 1.165) is 25.9 Å². The monoisotopic (exact) mass is 270 g/mol. The molecule has 0 aromatic carbocycles. The number of nitrogens with one attached hydrogen (secondary N) is 2. The average molecular weight is 270 g/mol. The maximum Gasteiger partial charge on any atom is 0.311 e. The third-order valence-corrected chi connectivity index (χ3v) is 4.65. The molecule has 0 radical (unpaired) electrons. The molecule has 0 bridgehead atoms. The Morgan fingerprint density at radius 3 is 2.21 bits per heavy atom. The fraction of sp³-hybridized carbons (Fsp3) is 0.857. The largest absolute Gasteiger partial charge is 0.481 e. The van der Waals surface area contributed by atoms with Crippen LogP contribution >= 0.6 is 0 Å². The van der Waals surface area contributed by atoms with E-state index in [1.165, 1.54) is 0 Å². The van der Waals surface area contributed by atoms with E-state index < -0.39 is 11.4 Å². The molecule has 110 valence electrons. The molecule has 0 atom stereocenters. The zero-order valence-corrected chi connectivity index (χ0v) is 12.2. The number of carbonyl (C=O) groups excluding carboxylic acids is 1. The highest BCUT2D eigenvalue weighted by Gasteiger charge is 2.39. The second-order valence-electron chi connectivity index (χ2n) is 5.79. The number of rotatable bonds is 6. The van der Waals surface area contributed by atoms with Crippen LogP contribution in [0.25, 0.3) is 0 Å². The summed E-state index contributed by atoms with van der Waals surface area (Å²) in [5.74, 6) is -0.838. The van der Waals surface area contributed by atoms with E-state index in [1.807, 2.05) is 20.8 Å². The van der Waals surface area contributed by atoms with Gasteiger partial charge in [-0.15, -0.1) is 0 Å². The minimum Gasteiger partial charge on any atom is -0.481 e. The summed E-state index contributed by atoms with van der Waals surface area (Å²) >= 11 is 0. The molecule has 0 aromatic heterocycles. The lowest BCUT2D eigenvalue weighted by Gasteiger charge is -2.34. The molecule has 0 aromatic rings. The molecule has 0 unspecified atom stereocenters. The molecule has 0 aliphatic carbocycles. The lowest BCUT2D eigenvalue weighted by molar-refractivity contribution is -0.149. The molecule has 1 fully saturated rings. The molecule has 19 heavy (non-hydrogen) atoms. The number of carboxylic acid groups (broad SMARTS) is 1. The van der Waals surface area contributed by atoms with Gasteiger partial charge < -0.3 is 15.7 Å². The molecule has 0 spiro atoms. The van der Waals surface area contributed by atoms with Gasteiger partial charge in [-0.05, 0) is 38.8 Å². The number of aliphatic carboxylic acids is 1. The van der Waals surface area contributed by atoms with Crippen LogP contribution in [0.5, 0.6) is 0 Å². The first-order valence-corrected chi connectivity index (χ1v) is 7.12. The molecule has 1 saturated heterocycles. The van der Waals surface area contributed by atoms with Gasteiger partial charge in [-0.3, -0.25) is 9.59 Å². The Labute approximate surface area is 115 Å². The second-order valence-corrected chi connectivity index (χ2v) is 5.79. The van der Waals surface area contributed by atoms with Gasteiger partial charge in [0.2, 0.25) is 5.91 Å². The van der Waals surface area contributed by atoms with Crippen LogP contribution in [-0.2, 0) is 9.59 Å². The van der Waals surface area contributed by atoms with Crippen molar-refractivity contribution in [1.29, 1.82) is 0 Å². The Morgan fingerprint density at radius 1 is 1.26 bits per heavy atom. The van der Waals surface area contributed by atoms with E-state index in [4.69, 9.17) is 0 Å². The van der Waals surface area contributed by atoms with Gasteiger partial charge in [0.1, 0.15) is 0 Å². The molecule has 1 rings (SSSR count). The Hall–Kier alpha value is -1.10. The van der Waals surface area contributed by atoms with Crippen LogP contribution in [0.2, 0.25) is 0 Å². The van der Waals surface area contributed by atoms with Crippen LogP contribution in [-0.4, -0.2) is 36.6 Å². The van der Waals surface area contributed by atoms with Crippen LogP contribution < -0.4 is 10.6 Å². The Bertz CT molecular complexity index is 332. The van der Waals surface area contributed by atoms with Gasteiger partial charge in [-0.25, -0.2) is 0 Å². The van der Waals surface area contributed by atoms with E-state index in [1.54, 1.807) is 0 Å². The van der Waals surface area contributed by atoms with Crippen molar-refractivity contribution in [3.8, 4) is 0 Å². The smallest absolute Gasteiger partial charge is 0.311 e. The van der Waals surface area contributed by atoms with Crippen molar-refractivity contribution < 1.29 is 14.7 Å². The summed E-state index contributed by atoms with van der Waals surface area (Å²) in [7, 11) is 0. The van der Waals surface area contributed by atoms with Crippen molar-refractivity contribution in [2.24, 2.45) is 10.8 Å². The van der Waals surface area contributed by atoms with Crippen molar-refractivity contribution in [2.45, 2.75) is 46.5 Å². The van der Waals surface area contributed by atoms with Crippen molar-refractivity contribution in [3.05, 3.63) is 0 Å². The van der Waals surface area contributed by atoms with Gasteiger partial charge in [0.25, 0.3) is 0 Å². The van der Waals surface area contributed by atoms with Crippen LogP contribution in [0.4, 0.5) is 0 Å². The van der Waals surface area contributed by atoms with E-state index in [2.05, 4.69) is 10.6 Å². The molecule has 3 N–H and O–H groups in total. The highest BCUT2D eigenvalue weighted by Crippen LogP contribution is 2.30. The Balaban J connectivity index is 2.64.